The van der Waals surface area contributed by atoms with Crippen molar-refractivity contribution in [1.82, 2.24) is 0 Å². The zero-order chi connectivity index (χ0) is 18.5. The Labute approximate surface area is 132 Å². The molecule has 3 rings (SSSR count). The van der Waals surface area contributed by atoms with Gasteiger partial charge in [-0.1, -0.05) is 0 Å². The van der Waals surface area contributed by atoms with Crippen molar-refractivity contribution in [3.05, 3.63) is 40.5 Å². The zero-order valence-corrected chi connectivity index (χ0v) is 11.7. The van der Waals surface area contributed by atoms with Gasteiger partial charge in [0.25, 0.3) is 0 Å². The van der Waals surface area contributed by atoms with Crippen molar-refractivity contribution < 1.29 is 32.3 Å². The molecular weight excluding hydrogens is 304 g/mol. The predicted molar refractivity (Wildman–Crippen MR) is 81.1 cm³/mol. The fraction of sp³-hybridized carbons (Fsp3) is 0.0625. The van der Waals surface area contributed by atoms with Gasteiger partial charge in [-0.25, -0.2) is 0 Å². The van der Waals surface area contributed by atoms with E-state index in [9.17, 15) is 25.2 Å². The molecule has 0 aliphatic carbocycles. The molecule has 0 radical (unpaired) electrons. The second-order valence-electron chi connectivity index (χ2n) is 4.65. The molecule has 1 heterocycles. The molecule has 0 bridgehead atoms. The van der Waals surface area contributed by atoms with E-state index in [1.54, 1.807) is 0 Å². The van der Waals surface area contributed by atoms with Crippen molar-refractivity contribution >= 4 is 11.0 Å². The number of rotatable bonds is 2. The molecule has 0 aliphatic rings. The lowest BCUT2D eigenvalue weighted by Gasteiger charge is -2.09. The van der Waals surface area contributed by atoms with Crippen molar-refractivity contribution in [3.8, 4) is 40.1 Å². The number of ether oxygens (including phenoxy) is 1. The first-order valence-electron chi connectivity index (χ1n) is 7.36. The van der Waals surface area contributed by atoms with Gasteiger partial charge in [-0.05, 0) is 18.2 Å². The first kappa shape index (κ1) is 12.2. The number of benzene rings is 2. The molecule has 0 amide bonds. The molecular formula is C16H12O7. The fourth-order valence-corrected chi connectivity index (χ4v) is 2.16. The summed E-state index contributed by atoms with van der Waals surface area (Å²) in [7, 11) is 1.31. The van der Waals surface area contributed by atoms with Crippen molar-refractivity contribution in [2.75, 3.05) is 7.11 Å². The van der Waals surface area contributed by atoms with Gasteiger partial charge in [-0.2, -0.15) is 0 Å². The van der Waals surface area contributed by atoms with E-state index in [0.29, 0.717) is 0 Å². The minimum Gasteiger partial charge on any atom is -0.508 e. The van der Waals surface area contributed by atoms with Crippen molar-refractivity contribution in [1.29, 1.82) is 0 Å². The van der Waals surface area contributed by atoms with Crippen molar-refractivity contribution in [2.24, 2.45) is 0 Å². The third kappa shape index (κ3) is 2.28. The van der Waals surface area contributed by atoms with Crippen LogP contribution in [0.25, 0.3) is 22.3 Å². The quantitative estimate of drug-likeness (QED) is 0.572. The lowest BCUT2D eigenvalue weighted by Crippen LogP contribution is -2.03. The molecule has 0 atom stereocenters. The van der Waals surface area contributed by atoms with Gasteiger partial charge < -0.3 is 29.6 Å². The van der Waals surface area contributed by atoms with Crippen LogP contribution in [-0.2, 0) is 0 Å². The number of hydrogen-bond donors (Lipinski definition) is 4. The van der Waals surface area contributed by atoms with Crippen LogP contribution in [0, 0.1) is 0 Å². The summed E-state index contributed by atoms with van der Waals surface area (Å²) in [6.45, 7) is 0. The first-order chi connectivity index (χ1) is 11.8. The molecule has 0 fully saturated rings. The van der Waals surface area contributed by atoms with E-state index in [2.05, 4.69) is 0 Å². The molecule has 0 unspecified atom stereocenters. The molecule has 0 spiro atoms. The average Bonchev–Trinajstić information content (AvgIpc) is 2.60. The second kappa shape index (κ2) is 5.13. The smallest absolute Gasteiger partial charge is 0.238 e. The third-order valence-electron chi connectivity index (χ3n) is 3.24. The molecule has 2 aromatic carbocycles. The van der Waals surface area contributed by atoms with E-state index >= 15 is 0 Å². The summed E-state index contributed by atoms with van der Waals surface area (Å²) in [6.07, 6.45) is 0. The molecule has 4 N–H and O–H groups in total. The molecule has 23 heavy (non-hydrogen) atoms. The van der Waals surface area contributed by atoms with Gasteiger partial charge in [0.2, 0.25) is 11.2 Å². The van der Waals surface area contributed by atoms with E-state index in [-0.39, 0.29) is 22.8 Å². The summed E-state index contributed by atoms with van der Waals surface area (Å²) >= 11 is 0. The Morgan fingerprint density at radius 2 is 1.87 bits per heavy atom. The minimum atomic E-state index is -1.07. The minimum absolute atomic E-state index is 0.0537. The van der Waals surface area contributed by atoms with Crippen molar-refractivity contribution in [2.45, 2.75) is 0 Å². The summed E-state index contributed by atoms with van der Waals surface area (Å²) in [5.74, 6) is -3.10. The third-order valence-corrected chi connectivity index (χ3v) is 3.24. The predicted octanol–water partition coefficient (Wildman–Crippen LogP) is 2.29. The normalized spacial score (nSPS) is 12.0. The Bertz CT molecular complexity index is 1070. The van der Waals surface area contributed by atoms with E-state index < -0.39 is 45.7 Å². The molecule has 7 heteroatoms. The fourth-order valence-electron chi connectivity index (χ4n) is 2.16. The van der Waals surface area contributed by atoms with E-state index in [4.69, 9.17) is 11.9 Å². The Balaban J connectivity index is 2.43. The highest BCUT2D eigenvalue weighted by Crippen LogP contribution is 2.37. The molecule has 3 aromatic rings. The molecule has 0 saturated carbocycles. The number of fused-ring (bicyclic) bond motifs is 1. The summed E-state index contributed by atoms with van der Waals surface area (Å²) in [6, 6.07) is 2.39. The van der Waals surface area contributed by atoms with Crippen LogP contribution >= 0.6 is 0 Å². The second-order valence-corrected chi connectivity index (χ2v) is 4.65. The van der Waals surface area contributed by atoms with Crippen LogP contribution in [0.4, 0.5) is 0 Å². The molecule has 0 saturated heterocycles. The number of phenols is 3. The Kier molecular flexibility index (Phi) is 2.73. The van der Waals surface area contributed by atoms with Gasteiger partial charge in [0.15, 0.2) is 17.3 Å². The Hall–Kier alpha value is -3.35. The lowest BCUT2D eigenvalue weighted by molar-refractivity contribution is 0.373. The van der Waals surface area contributed by atoms with Crippen LogP contribution in [0.5, 0.6) is 28.7 Å². The van der Waals surface area contributed by atoms with Crippen LogP contribution < -0.4 is 10.2 Å². The number of methoxy groups -OCH3 is 1. The molecule has 7 nitrogen and oxygen atoms in total. The van der Waals surface area contributed by atoms with Crippen LogP contribution in [0.3, 0.4) is 0 Å². The average molecular weight is 318 g/mol. The zero-order valence-electron chi connectivity index (χ0n) is 13.7. The highest BCUT2D eigenvalue weighted by atomic mass is 16.5. The van der Waals surface area contributed by atoms with E-state index in [1.807, 2.05) is 0 Å². The summed E-state index contributed by atoms with van der Waals surface area (Å²) in [5.41, 5.74) is -1.40. The highest BCUT2D eigenvalue weighted by Gasteiger charge is 2.19. The number of phenolic OH excluding ortho intramolecular Hbond substituents is 3. The van der Waals surface area contributed by atoms with Crippen LogP contribution in [-0.4, -0.2) is 27.5 Å². The van der Waals surface area contributed by atoms with Gasteiger partial charge in [-0.3, -0.25) is 4.79 Å². The maximum Gasteiger partial charge on any atom is 0.238 e. The maximum absolute atomic E-state index is 12.4. The Morgan fingerprint density at radius 3 is 2.57 bits per heavy atom. The van der Waals surface area contributed by atoms with Gasteiger partial charge in [0.1, 0.15) is 22.5 Å². The van der Waals surface area contributed by atoms with Crippen molar-refractivity contribution in [3.63, 3.8) is 0 Å². The maximum atomic E-state index is 12.4. The summed E-state index contributed by atoms with van der Waals surface area (Å²) in [5, 5.41) is 38.8. The number of aromatic hydroxyl groups is 4. The topological polar surface area (TPSA) is 120 Å². The first-order valence-corrected chi connectivity index (χ1v) is 6.36. The van der Waals surface area contributed by atoms with Gasteiger partial charge in [0.05, 0.1) is 9.85 Å². The van der Waals surface area contributed by atoms with Crippen LogP contribution in [0.2, 0.25) is 0 Å². The van der Waals surface area contributed by atoms with E-state index in [1.165, 1.54) is 25.3 Å². The summed E-state index contributed by atoms with van der Waals surface area (Å²) < 4.78 is 25.6. The SMILES string of the molecule is [2H]c1c(O)c([2H])c2oc(-c3ccc(O)c(OC)c3)c(O)c(=O)c2c1O. The van der Waals surface area contributed by atoms with Gasteiger partial charge in [0, 0.05) is 17.6 Å². The standard InChI is InChI=1S/C16H12O7/c1-22-11-4-7(2-3-9(11)18)16-15(21)14(20)13-10(19)5-8(17)6-12(13)23-16/h2-6,17-19,21H,1H3/i5D,6D. The largest absolute Gasteiger partial charge is 0.508 e. The van der Waals surface area contributed by atoms with Gasteiger partial charge >= 0.3 is 0 Å². The monoisotopic (exact) mass is 318 g/mol. The Morgan fingerprint density at radius 1 is 1.13 bits per heavy atom. The molecule has 0 aliphatic heterocycles. The lowest BCUT2D eigenvalue weighted by atomic mass is 10.1. The summed E-state index contributed by atoms with van der Waals surface area (Å²) in [4.78, 5) is 12.4. The van der Waals surface area contributed by atoms with Crippen LogP contribution in [0.15, 0.2) is 39.5 Å². The van der Waals surface area contributed by atoms with E-state index in [0.717, 1.165) is 0 Å². The van der Waals surface area contributed by atoms with Gasteiger partial charge in [-0.15, -0.1) is 0 Å². The van der Waals surface area contributed by atoms with Crippen LogP contribution in [0.1, 0.15) is 2.74 Å². The number of hydrogen-bond acceptors (Lipinski definition) is 7. The molecule has 118 valence electrons. The highest BCUT2D eigenvalue weighted by molar-refractivity contribution is 5.88. The molecule has 1 aromatic heterocycles.